The second kappa shape index (κ2) is 8.76. The van der Waals surface area contributed by atoms with Gasteiger partial charge in [0.15, 0.2) is 17.4 Å². The zero-order chi connectivity index (χ0) is 24.2. The Morgan fingerprint density at radius 2 is 2.00 bits per heavy atom. The highest BCUT2D eigenvalue weighted by molar-refractivity contribution is 7.99. The van der Waals surface area contributed by atoms with Crippen LogP contribution in [0.5, 0.6) is 5.75 Å². The third-order valence-electron chi connectivity index (χ3n) is 8.45. The van der Waals surface area contributed by atoms with E-state index in [1.54, 1.807) is 6.20 Å². The molecule has 4 aliphatic heterocycles. The molecule has 4 aliphatic rings. The molecule has 3 saturated heterocycles. The van der Waals surface area contributed by atoms with Gasteiger partial charge < -0.3 is 30.1 Å². The maximum Gasteiger partial charge on any atom is 0.175 e. The third kappa shape index (κ3) is 3.85. The van der Waals surface area contributed by atoms with Gasteiger partial charge in [0.25, 0.3) is 0 Å². The Hall–Kier alpha value is -2.14. The minimum absolute atomic E-state index is 0.0222. The van der Waals surface area contributed by atoms with Gasteiger partial charge >= 0.3 is 0 Å². The van der Waals surface area contributed by atoms with E-state index < -0.39 is 0 Å². The molecule has 2 aromatic heterocycles. The minimum Gasteiger partial charge on any atom is -0.486 e. The first kappa shape index (κ1) is 23.3. The first-order chi connectivity index (χ1) is 16.9. The summed E-state index contributed by atoms with van der Waals surface area (Å²) >= 11 is 1.51. The second-order valence-electron chi connectivity index (χ2n) is 10.6. The number of aromatic nitrogens is 3. The van der Waals surface area contributed by atoms with Crippen molar-refractivity contribution in [3.8, 4) is 5.75 Å². The summed E-state index contributed by atoms with van der Waals surface area (Å²) in [5.41, 5.74) is 7.14. The molecule has 2 aromatic rings. The molecule has 0 unspecified atom stereocenters. The molecule has 9 nitrogen and oxygen atoms in total. The fraction of sp³-hybridized carbons (Fsp3) is 0.640. The van der Waals surface area contributed by atoms with Crippen molar-refractivity contribution < 1.29 is 14.6 Å². The molecule has 10 heteroatoms. The summed E-state index contributed by atoms with van der Waals surface area (Å²) in [6.45, 7) is 8.21. The van der Waals surface area contributed by atoms with Crippen molar-refractivity contribution >= 4 is 23.4 Å². The van der Waals surface area contributed by atoms with Gasteiger partial charge in [0.1, 0.15) is 17.3 Å². The van der Waals surface area contributed by atoms with E-state index in [0.29, 0.717) is 12.3 Å². The van der Waals surface area contributed by atoms with Gasteiger partial charge in [-0.1, -0.05) is 11.8 Å². The molecule has 0 saturated carbocycles. The number of rotatable bonds is 4. The first-order valence-electron chi connectivity index (χ1n) is 12.6. The van der Waals surface area contributed by atoms with E-state index in [1.807, 2.05) is 12.3 Å². The highest BCUT2D eigenvalue weighted by atomic mass is 32.2. The van der Waals surface area contributed by atoms with Gasteiger partial charge in [-0.15, -0.1) is 0 Å². The van der Waals surface area contributed by atoms with Crippen LogP contribution in [0.15, 0.2) is 28.4 Å². The summed E-state index contributed by atoms with van der Waals surface area (Å²) < 4.78 is 12.1. The lowest BCUT2D eigenvalue weighted by Crippen LogP contribution is -2.51. The summed E-state index contributed by atoms with van der Waals surface area (Å²) in [4.78, 5) is 19.7. The number of aliphatic hydroxyl groups excluding tert-OH is 1. The monoisotopic (exact) mass is 498 g/mol. The molecular weight excluding hydrogens is 464 g/mol. The fourth-order valence-electron chi connectivity index (χ4n) is 6.16. The van der Waals surface area contributed by atoms with E-state index in [1.165, 1.54) is 11.8 Å². The zero-order valence-electron chi connectivity index (χ0n) is 20.4. The van der Waals surface area contributed by atoms with Gasteiger partial charge in [0.2, 0.25) is 0 Å². The Balaban J connectivity index is 1.20. The first-order valence-corrected chi connectivity index (χ1v) is 13.4. The number of nitrogens with zero attached hydrogens (tertiary/aromatic N) is 5. The Labute approximate surface area is 210 Å². The number of hydrogen-bond acceptors (Lipinski definition) is 10. The van der Waals surface area contributed by atoms with Crippen molar-refractivity contribution in [3.05, 3.63) is 24.2 Å². The van der Waals surface area contributed by atoms with Gasteiger partial charge in [-0.05, 0) is 45.6 Å². The lowest BCUT2D eigenvalue weighted by Gasteiger charge is -2.42. The number of pyridine rings is 1. The Bertz CT molecular complexity index is 1110. The standard InChI is InChI=1S/C25H34N6O3S/c1-16-21(26)25(15-33-16)6-10-30(11-7-25)22-17(13-32)29-19(12-28-22)35-18-4-8-27-23-20(18)34-14-24(2)5-3-9-31(23)24/h4,8,12,16,21,32H,3,5-7,9-11,13-15,26H2,1-2H3/t16-,21+,24+/m0/s1. The number of piperidine rings is 1. The van der Waals surface area contributed by atoms with Crippen LogP contribution >= 0.6 is 11.8 Å². The Morgan fingerprint density at radius 3 is 2.74 bits per heavy atom. The maximum atomic E-state index is 10.1. The molecule has 188 valence electrons. The highest BCUT2D eigenvalue weighted by Crippen LogP contribution is 2.47. The van der Waals surface area contributed by atoms with Crippen LogP contribution in [-0.2, 0) is 11.3 Å². The smallest absolute Gasteiger partial charge is 0.175 e. The van der Waals surface area contributed by atoms with Crippen LogP contribution in [0.25, 0.3) is 0 Å². The predicted octanol–water partition coefficient (Wildman–Crippen LogP) is 2.60. The number of fused-ring (bicyclic) bond motifs is 3. The normalized spacial score (nSPS) is 29.3. The molecule has 0 aliphatic carbocycles. The molecule has 0 amide bonds. The molecule has 6 heterocycles. The van der Waals surface area contributed by atoms with Crippen LogP contribution in [0, 0.1) is 5.41 Å². The van der Waals surface area contributed by atoms with E-state index in [-0.39, 0.29) is 29.7 Å². The van der Waals surface area contributed by atoms with Crippen molar-refractivity contribution in [3.63, 3.8) is 0 Å². The number of aliphatic hydroxyl groups is 1. The van der Waals surface area contributed by atoms with Crippen LogP contribution in [0.4, 0.5) is 11.6 Å². The van der Waals surface area contributed by atoms with E-state index in [4.69, 9.17) is 25.2 Å². The number of anilines is 2. The lowest BCUT2D eigenvalue weighted by atomic mass is 9.73. The molecule has 6 rings (SSSR count). The summed E-state index contributed by atoms with van der Waals surface area (Å²) in [6.07, 6.45) is 7.92. The summed E-state index contributed by atoms with van der Waals surface area (Å²) in [5, 5.41) is 10.9. The molecule has 3 atom stereocenters. The Kier molecular flexibility index (Phi) is 5.82. The topological polar surface area (TPSA) is 110 Å². The highest BCUT2D eigenvalue weighted by Gasteiger charge is 2.48. The van der Waals surface area contributed by atoms with Crippen molar-refractivity contribution in [2.24, 2.45) is 11.1 Å². The number of nitrogens with two attached hydrogens (primary N) is 1. The molecule has 0 aromatic carbocycles. The Morgan fingerprint density at radius 1 is 1.17 bits per heavy atom. The number of hydrogen-bond donors (Lipinski definition) is 2. The lowest BCUT2D eigenvalue weighted by molar-refractivity contribution is 0.0973. The van der Waals surface area contributed by atoms with Crippen LogP contribution in [-0.4, -0.2) is 70.6 Å². The van der Waals surface area contributed by atoms with Gasteiger partial charge in [-0.3, -0.25) is 0 Å². The van der Waals surface area contributed by atoms with Crippen molar-refractivity contribution in [2.45, 2.75) is 73.7 Å². The molecule has 3 fully saturated rings. The van der Waals surface area contributed by atoms with Crippen LogP contribution in [0.2, 0.25) is 0 Å². The average Bonchev–Trinajstić information content (AvgIpc) is 3.40. The van der Waals surface area contributed by atoms with E-state index in [0.717, 1.165) is 79.2 Å². The van der Waals surface area contributed by atoms with E-state index >= 15 is 0 Å². The molecule has 3 N–H and O–H groups in total. The average molecular weight is 499 g/mol. The van der Waals surface area contributed by atoms with Gasteiger partial charge in [-0.25, -0.2) is 15.0 Å². The van der Waals surface area contributed by atoms with Crippen LogP contribution < -0.4 is 20.3 Å². The SMILES string of the molecule is C[C@@H]1OCC2(CCN(c3ncc(Sc4ccnc5c4OC[C@@]4(C)CCCN54)nc3CO)CC2)[C@@H]1N. The molecular formula is C25H34N6O3S. The van der Waals surface area contributed by atoms with Gasteiger partial charge in [0.05, 0.1) is 35.9 Å². The molecule has 0 radical (unpaired) electrons. The summed E-state index contributed by atoms with van der Waals surface area (Å²) in [7, 11) is 0. The third-order valence-corrected chi connectivity index (χ3v) is 9.40. The molecule has 0 bridgehead atoms. The quantitative estimate of drug-likeness (QED) is 0.653. The summed E-state index contributed by atoms with van der Waals surface area (Å²) in [5.74, 6) is 2.49. The van der Waals surface area contributed by atoms with Crippen LogP contribution in [0.3, 0.4) is 0 Å². The van der Waals surface area contributed by atoms with Crippen molar-refractivity contribution in [2.75, 3.05) is 42.6 Å². The fourth-order valence-corrected chi connectivity index (χ4v) is 7.02. The van der Waals surface area contributed by atoms with Gasteiger partial charge in [-0.2, -0.15) is 0 Å². The zero-order valence-corrected chi connectivity index (χ0v) is 21.3. The van der Waals surface area contributed by atoms with Crippen molar-refractivity contribution in [1.82, 2.24) is 15.0 Å². The van der Waals surface area contributed by atoms with Gasteiger partial charge in [0, 0.05) is 37.3 Å². The van der Waals surface area contributed by atoms with Crippen LogP contribution in [0.1, 0.15) is 45.2 Å². The predicted molar refractivity (Wildman–Crippen MR) is 134 cm³/mol. The van der Waals surface area contributed by atoms with E-state index in [2.05, 4.69) is 28.6 Å². The van der Waals surface area contributed by atoms with Crippen molar-refractivity contribution in [1.29, 1.82) is 0 Å². The molecule has 35 heavy (non-hydrogen) atoms. The molecule has 1 spiro atoms. The minimum atomic E-state index is -0.158. The number of ether oxygens (including phenoxy) is 2. The summed E-state index contributed by atoms with van der Waals surface area (Å²) in [6, 6.07) is 2.03. The van der Waals surface area contributed by atoms with E-state index in [9.17, 15) is 5.11 Å². The largest absolute Gasteiger partial charge is 0.486 e. The second-order valence-corrected chi connectivity index (χ2v) is 11.7. The maximum absolute atomic E-state index is 10.1.